The Hall–Kier alpha value is -4.46. The van der Waals surface area contributed by atoms with Crippen LogP contribution in [0.25, 0.3) is 11.4 Å². The summed E-state index contributed by atoms with van der Waals surface area (Å²) in [7, 11) is 1.62. The van der Waals surface area contributed by atoms with Crippen molar-refractivity contribution in [3.05, 3.63) is 95.0 Å². The molecular formula is C27H26N6O2. The number of fused-ring (bicyclic) bond motifs is 1. The molecule has 1 atom stereocenters. The molecule has 2 aromatic heterocycles. The van der Waals surface area contributed by atoms with E-state index < -0.39 is 6.04 Å². The van der Waals surface area contributed by atoms with Crippen molar-refractivity contribution < 1.29 is 9.53 Å². The normalized spacial score (nSPS) is 14.8. The number of allylic oxidation sites excluding steroid dienone is 1. The summed E-state index contributed by atoms with van der Waals surface area (Å²) < 4.78 is 7.43. The van der Waals surface area contributed by atoms with Crippen molar-refractivity contribution in [2.75, 3.05) is 17.7 Å². The zero-order valence-electron chi connectivity index (χ0n) is 20.0. The fourth-order valence-electron chi connectivity index (χ4n) is 4.26. The molecule has 1 aliphatic heterocycles. The Balaban J connectivity index is 1.64. The average Bonchev–Trinajstić information content (AvgIpc) is 3.29. The summed E-state index contributed by atoms with van der Waals surface area (Å²) in [6.45, 7) is 6.01. The number of amides is 1. The smallest absolute Gasteiger partial charge is 0.255 e. The predicted octanol–water partition coefficient (Wildman–Crippen LogP) is 4.89. The first-order valence-corrected chi connectivity index (χ1v) is 11.3. The molecule has 0 bridgehead atoms. The van der Waals surface area contributed by atoms with Crippen molar-refractivity contribution in [1.29, 1.82) is 0 Å². The highest BCUT2D eigenvalue weighted by Crippen LogP contribution is 2.40. The molecule has 176 valence electrons. The molecule has 0 saturated heterocycles. The number of para-hydroxylation sites is 1. The van der Waals surface area contributed by atoms with E-state index in [-0.39, 0.29) is 5.91 Å². The molecule has 1 aliphatic rings. The minimum Gasteiger partial charge on any atom is -0.496 e. The Morgan fingerprint density at radius 3 is 2.63 bits per heavy atom. The second kappa shape index (κ2) is 9.06. The largest absolute Gasteiger partial charge is 0.496 e. The van der Waals surface area contributed by atoms with E-state index in [9.17, 15) is 4.79 Å². The summed E-state index contributed by atoms with van der Waals surface area (Å²) in [4.78, 5) is 22.5. The SMILES string of the molecule is COc1ccccc1C1C(C(=O)Nc2cccnc2)=C(C)Nc2nc(-c3ccc(C)c(C)c3)nn21. The minimum atomic E-state index is -0.549. The Labute approximate surface area is 203 Å². The lowest BCUT2D eigenvalue weighted by Crippen LogP contribution is -2.31. The van der Waals surface area contributed by atoms with Crippen molar-refractivity contribution in [1.82, 2.24) is 19.7 Å². The Kier molecular flexibility index (Phi) is 5.78. The lowest BCUT2D eigenvalue weighted by molar-refractivity contribution is -0.113. The molecule has 4 aromatic rings. The first-order chi connectivity index (χ1) is 17.0. The number of carbonyl (C=O) groups excluding carboxylic acids is 1. The van der Waals surface area contributed by atoms with E-state index in [2.05, 4.69) is 41.6 Å². The van der Waals surface area contributed by atoms with Gasteiger partial charge in [-0.2, -0.15) is 4.98 Å². The Morgan fingerprint density at radius 2 is 1.89 bits per heavy atom. The topological polar surface area (TPSA) is 94.0 Å². The molecule has 0 radical (unpaired) electrons. The van der Waals surface area contributed by atoms with Gasteiger partial charge in [0.15, 0.2) is 5.82 Å². The lowest BCUT2D eigenvalue weighted by Gasteiger charge is -2.29. The fraction of sp³-hybridized carbons (Fsp3) is 0.185. The van der Waals surface area contributed by atoms with Gasteiger partial charge in [-0.15, -0.1) is 5.10 Å². The average molecular weight is 467 g/mol. The van der Waals surface area contributed by atoms with Crippen molar-refractivity contribution in [2.45, 2.75) is 26.8 Å². The number of ether oxygens (including phenoxy) is 1. The predicted molar refractivity (Wildman–Crippen MR) is 135 cm³/mol. The van der Waals surface area contributed by atoms with E-state index in [1.165, 1.54) is 5.56 Å². The number of benzene rings is 2. The van der Waals surface area contributed by atoms with Gasteiger partial charge >= 0.3 is 0 Å². The third-order valence-corrected chi connectivity index (χ3v) is 6.22. The van der Waals surface area contributed by atoms with Crippen LogP contribution in [0.4, 0.5) is 11.6 Å². The number of carbonyl (C=O) groups is 1. The maximum absolute atomic E-state index is 13.6. The first-order valence-electron chi connectivity index (χ1n) is 11.3. The number of nitrogens with zero attached hydrogens (tertiary/aromatic N) is 4. The molecule has 5 rings (SSSR count). The summed E-state index contributed by atoms with van der Waals surface area (Å²) in [5, 5.41) is 11.1. The molecule has 1 amide bonds. The molecule has 35 heavy (non-hydrogen) atoms. The van der Waals surface area contributed by atoms with Gasteiger partial charge in [0, 0.05) is 23.0 Å². The number of methoxy groups -OCH3 is 1. The van der Waals surface area contributed by atoms with E-state index in [0.717, 1.165) is 16.7 Å². The molecule has 1 unspecified atom stereocenters. The molecule has 3 heterocycles. The second-order valence-electron chi connectivity index (χ2n) is 8.51. The van der Waals surface area contributed by atoms with Crippen LogP contribution in [0.2, 0.25) is 0 Å². The molecule has 0 saturated carbocycles. The van der Waals surface area contributed by atoms with Crippen LogP contribution in [0, 0.1) is 13.8 Å². The van der Waals surface area contributed by atoms with Crippen LogP contribution in [-0.4, -0.2) is 32.8 Å². The Morgan fingerprint density at radius 1 is 1.06 bits per heavy atom. The van der Waals surface area contributed by atoms with Gasteiger partial charge in [0.25, 0.3) is 5.91 Å². The van der Waals surface area contributed by atoms with E-state index >= 15 is 0 Å². The number of hydrogen-bond donors (Lipinski definition) is 2. The summed E-state index contributed by atoms with van der Waals surface area (Å²) in [6.07, 6.45) is 3.27. The van der Waals surface area contributed by atoms with E-state index in [0.29, 0.717) is 34.5 Å². The number of hydrogen-bond acceptors (Lipinski definition) is 6. The van der Waals surface area contributed by atoms with Crippen molar-refractivity contribution >= 4 is 17.5 Å². The highest BCUT2D eigenvalue weighted by atomic mass is 16.5. The van der Waals surface area contributed by atoms with Gasteiger partial charge < -0.3 is 15.4 Å². The summed E-state index contributed by atoms with van der Waals surface area (Å²) in [5.74, 6) is 1.54. The standard InChI is InChI=1S/C27H26N6O2/c1-16-11-12-19(14-17(16)2)25-31-27-29-18(3)23(26(34)30-20-8-7-13-28-15-20)24(33(27)32-25)21-9-5-6-10-22(21)35-4/h5-15,24H,1-4H3,(H,30,34)(H,29,31,32). The molecule has 0 spiro atoms. The zero-order chi connectivity index (χ0) is 24.5. The molecule has 8 heteroatoms. The van der Waals surface area contributed by atoms with Crippen LogP contribution in [0.5, 0.6) is 5.75 Å². The van der Waals surface area contributed by atoms with E-state index in [1.807, 2.05) is 37.3 Å². The number of pyridine rings is 1. The highest BCUT2D eigenvalue weighted by molar-refractivity contribution is 6.06. The maximum Gasteiger partial charge on any atom is 0.255 e. The third kappa shape index (κ3) is 4.14. The monoisotopic (exact) mass is 466 g/mol. The summed E-state index contributed by atoms with van der Waals surface area (Å²) in [5.41, 5.74) is 5.90. The summed E-state index contributed by atoms with van der Waals surface area (Å²) in [6, 6.07) is 16.8. The molecule has 0 fully saturated rings. The van der Waals surface area contributed by atoms with E-state index in [4.69, 9.17) is 14.8 Å². The van der Waals surface area contributed by atoms with Gasteiger partial charge in [-0.05, 0) is 56.2 Å². The number of rotatable bonds is 5. The van der Waals surface area contributed by atoms with Gasteiger partial charge in [0.2, 0.25) is 5.95 Å². The second-order valence-corrected chi connectivity index (χ2v) is 8.51. The number of aromatic nitrogens is 4. The lowest BCUT2D eigenvalue weighted by atomic mass is 9.94. The number of anilines is 2. The maximum atomic E-state index is 13.6. The van der Waals surface area contributed by atoms with Crippen LogP contribution in [0.15, 0.2) is 78.3 Å². The van der Waals surface area contributed by atoms with Gasteiger partial charge in [0.05, 0.1) is 24.6 Å². The first kappa shape index (κ1) is 22.3. The van der Waals surface area contributed by atoms with Crippen LogP contribution in [-0.2, 0) is 4.79 Å². The number of nitrogens with one attached hydrogen (secondary N) is 2. The van der Waals surface area contributed by atoms with E-state index in [1.54, 1.807) is 36.3 Å². The minimum absolute atomic E-state index is 0.257. The molecule has 0 aliphatic carbocycles. The fourth-order valence-corrected chi connectivity index (χ4v) is 4.26. The summed E-state index contributed by atoms with van der Waals surface area (Å²) >= 11 is 0. The quantitative estimate of drug-likeness (QED) is 0.435. The van der Waals surface area contributed by atoms with Crippen LogP contribution in [0.3, 0.4) is 0 Å². The third-order valence-electron chi connectivity index (χ3n) is 6.22. The zero-order valence-corrected chi connectivity index (χ0v) is 20.0. The van der Waals surface area contributed by atoms with Crippen molar-refractivity contribution in [3.63, 3.8) is 0 Å². The number of aryl methyl sites for hydroxylation is 2. The molecule has 8 nitrogen and oxygen atoms in total. The van der Waals surface area contributed by atoms with Gasteiger partial charge in [0.1, 0.15) is 11.8 Å². The van der Waals surface area contributed by atoms with Crippen LogP contribution >= 0.6 is 0 Å². The Bertz CT molecular complexity index is 1440. The molecule has 2 aromatic carbocycles. The molecule has 2 N–H and O–H groups in total. The van der Waals surface area contributed by atoms with Crippen molar-refractivity contribution in [2.24, 2.45) is 0 Å². The van der Waals surface area contributed by atoms with Gasteiger partial charge in [-0.3, -0.25) is 9.78 Å². The highest BCUT2D eigenvalue weighted by Gasteiger charge is 2.36. The molecular weight excluding hydrogens is 440 g/mol. The van der Waals surface area contributed by atoms with Gasteiger partial charge in [-0.1, -0.05) is 30.3 Å². The van der Waals surface area contributed by atoms with Gasteiger partial charge in [-0.25, -0.2) is 4.68 Å². The van der Waals surface area contributed by atoms with Crippen LogP contribution < -0.4 is 15.4 Å². The van der Waals surface area contributed by atoms with Crippen LogP contribution in [0.1, 0.15) is 29.7 Å². The van der Waals surface area contributed by atoms with Crippen molar-refractivity contribution in [3.8, 4) is 17.1 Å².